The van der Waals surface area contributed by atoms with Crippen LogP contribution in [0.3, 0.4) is 0 Å². The van der Waals surface area contributed by atoms with E-state index in [1.54, 1.807) is 14.2 Å². The Hall–Kier alpha value is -2.99. The summed E-state index contributed by atoms with van der Waals surface area (Å²) in [7, 11) is 3.36. The zero-order valence-corrected chi connectivity index (χ0v) is 18.3. The van der Waals surface area contributed by atoms with Crippen LogP contribution < -0.4 is 14.8 Å². The SMILES string of the molecule is COc1ccc2c(ccn2CC(=O)NCC(c2ccccc2OC)N2CCCCC2)c1. The average molecular weight is 422 g/mol. The number of rotatable bonds is 8. The number of para-hydroxylation sites is 1. The second kappa shape index (κ2) is 9.88. The first kappa shape index (κ1) is 21.2. The van der Waals surface area contributed by atoms with Crippen molar-refractivity contribution in [3.63, 3.8) is 0 Å². The molecule has 3 aromatic rings. The summed E-state index contributed by atoms with van der Waals surface area (Å²) in [5.41, 5.74) is 2.15. The molecule has 1 N–H and O–H groups in total. The fraction of sp³-hybridized carbons (Fsp3) is 0.400. The van der Waals surface area contributed by atoms with Crippen molar-refractivity contribution < 1.29 is 14.3 Å². The Morgan fingerprint density at radius 3 is 2.61 bits per heavy atom. The number of likely N-dealkylation sites (tertiary alicyclic amines) is 1. The molecular formula is C25H31N3O3. The topological polar surface area (TPSA) is 55.7 Å². The molecule has 1 fully saturated rings. The molecule has 6 heteroatoms. The second-order valence-electron chi connectivity index (χ2n) is 8.03. The lowest BCUT2D eigenvalue weighted by Gasteiger charge is -2.35. The fourth-order valence-corrected chi connectivity index (χ4v) is 4.47. The summed E-state index contributed by atoms with van der Waals surface area (Å²) >= 11 is 0. The maximum atomic E-state index is 12.8. The fourth-order valence-electron chi connectivity index (χ4n) is 4.47. The van der Waals surface area contributed by atoms with E-state index in [4.69, 9.17) is 9.47 Å². The van der Waals surface area contributed by atoms with E-state index in [1.807, 2.05) is 53.2 Å². The predicted molar refractivity (Wildman–Crippen MR) is 123 cm³/mol. The highest BCUT2D eigenvalue weighted by Gasteiger charge is 2.25. The minimum Gasteiger partial charge on any atom is -0.497 e. The van der Waals surface area contributed by atoms with E-state index < -0.39 is 0 Å². The van der Waals surface area contributed by atoms with Crippen molar-refractivity contribution in [3.05, 3.63) is 60.3 Å². The summed E-state index contributed by atoms with van der Waals surface area (Å²) in [6.45, 7) is 2.94. The molecule has 1 atom stereocenters. The van der Waals surface area contributed by atoms with Gasteiger partial charge < -0.3 is 19.4 Å². The number of hydrogen-bond donors (Lipinski definition) is 1. The van der Waals surface area contributed by atoms with Crippen molar-refractivity contribution in [1.82, 2.24) is 14.8 Å². The Morgan fingerprint density at radius 1 is 1.03 bits per heavy atom. The Labute approximate surface area is 183 Å². The molecule has 0 bridgehead atoms. The van der Waals surface area contributed by atoms with E-state index in [2.05, 4.69) is 16.3 Å². The minimum absolute atomic E-state index is 0.00484. The predicted octanol–water partition coefficient (Wildman–Crippen LogP) is 4.00. The molecule has 1 aliphatic heterocycles. The van der Waals surface area contributed by atoms with Gasteiger partial charge >= 0.3 is 0 Å². The van der Waals surface area contributed by atoms with Gasteiger partial charge in [0.05, 0.1) is 20.3 Å². The molecule has 4 rings (SSSR count). The molecule has 0 aliphatic carbocycles. The summed E-state index contributed by atoms with van der Waals surface area (Å²) in [5.74, 6) is 1.69. The van der Waals surface area contributed by atoms with E-state index in [9.17, 15) is 4.79 Å². The first-order valence-electron chi connectivity index (χ1n) is 11.0. The molecule has 1 aliphatic rings. The van der Waals surface area contributed by atoms with Crippen LogP contribution in [-0.2, 0) is 11.3 Å². The summed E-state index contributed by atoms with van der Waals surface area (Å²) in [6, 6.07) is 16.1. The number of methoxy groups -OCH3 is 2. The maximum Gasteiger partial charge on any atom is 0.240 e. The summed E-state index contributed by atoms with van der Waals surface area (Å²) < 4.78 is 12.9. The van der Waals surface area contributed by atoms with Gasteiger partial charge in [-0.1, -0.05) is 24.6 Å². The van der Waals surface area contributed by atoms with Crippen molar-refractivity contribution in [2.75, 3.05) is 33.9 Å². The van der Waals surface area contributed by atoms with Crippen molar-refractivity contribution in [2.45, 2.75) is 31.8 Å². The maximum absolute atomic E-state index is 12.8. The largest absolute Gasteiger partial charge is 0.497 e. The number of nitrogens with zero attached hydrogens (tertiary/aromatic N) is 2. The lowest BCUT2D eigenvalue weighted by atomic mass is 10.0. The van der Waals surface area contributed by atoms with E-state index in [-0.39, 0.29) is 18.5 Å². The zero-order valence-electron chi connectivity index (χ0n) is 18.3. The van der Waals surface area contributed by atoms with Gasteiger partial charge in [-0.25, -0.2) is 0 Å². The smallest absolute Gasteiger partial charge is 0.240 e. The molecule has 2 heterocycles. The minimum atomic E-state index is 0.00484. The molecular weight excluding hydrogens is 390 g/mol. The van der Waals surface area contributed by atoms with E-state index >= 15 is 0 Å². The zero-order chi connectivity index (χ0) is 21.6. The van der Waals surface area contributed by atoms with Crippen LogP contribution in [0.15, 0.2) is 54.7 Å². The Bertz CT molecular complexity index is 1020. The lowest BCUT2D eigenvalue weighted by Crippen LogP contribution is -2.41. The Kier molecular flexibility index (Phi) is 6.77. The first-order valence-corrected chi connectivity index (χ1v) is 11.0. The molecule has 0 spiro atoms. The van der Waals surface area contributed by atoms with Gasteiger partial charge in [-0.15, -0.1) is 0 Å². The van der Waals surface area contributed by atoms with E-state index in [1.165, 1.54) is 19.3 Å². The van der Waals surface area contributed by atoms with Crippen molar-refractivity contribution >= 4 is 16.8 Å². The summed E-state index contributed by atoms with van der Waals surface area (Å²) in [4.78, 5) is 15.3. The highest BCUT2D eigenvalue weighted by Crippen LogP contribution is 2.31. The third-order valence-electron chi connectivity index (χ3n) is 6.11. The normalized spacial score (nSPS) is 15.5. The number of amides is 1. The second-order valence-corrected chi connectivity index (χ2v) is 8.03. The molecule has 31 heavy (non-hydrogen) atoms. The van der Waals surface area contributed by atoms with Gasteiger partial charge in [0.15, 0.2) is 0 Å². The third kappa shape index (κ3) is 4.85. The number of piperidine rings is 1. The molecule has 1 amide bonds. The number of fused-ring (bicyclic) bond motifs is 1. The van der Waals surface area contributed by atoms with Crippen LogP contribution >= 0.6 is 0 Å². The third-order valence-corrected chi connectivity index (χ3v) is 6.11. The molecule has 1 unspecified atom stereocenters. The van der Waals surface area contributed by atoms with Crippen LogP contribution in [0.2, 0.25) is 0 Å². The van der Waals surface area contributed by atoms with Gasteiger partial charge in [0.2, 0.25) is 5.91 Å². The van der Waals surface area contributed by atoms with Gasteiger partial charge in [-0.05, 0) is 56.3 Å². The van der Waals surface area contributed by atoms with Gasteiger partial charge in [0, 0.05) is 29.2 Å². The van der Waals surface area contributed by atoms with Crippen molar-refractivity contribution in [3.8, 4) is 11.5 Å². The summed E-state index contributed by atoms with van der Waals surface area (Å²) in [6.07, 6.45) is 5.61. The molecule has 2 aromatic carbocycles. The number of aromatic nitrogens is 1. The number of carbonyl (C=O) groups excluding carboxylic acids is 1. The molecule has 6 nitrogen and oxygen atoms in total. The quantitative estimate of drug-likeness (QED) is 0.597. The molecule has 0 radical (unpaired) electrons. The number of benzene rings is 2. The lowest BCUT2D eigenvalue weighted by molar-refractivity contribution is -0.121. The van der Waals surface area contributed by atoms with Crippen LogP contribution in [0.5, 0.6) is 11.5 Å². The van der Waals surface area contributed by atoms with Crippen LogP contribution in [-0.4, -0.2) is 49.2 Å². The number of ether oxygens (including phenoxy) is 2. The van der Waals surface area contributed by atoms with E-state index in [0.717, 1.165) is 41.1 Å². The Morgan fingerprint density at radius 2 is 1.84 bits per heavy atom. The average Bonchev–Trinajstić information content (AvgIpc) is 3.21. The monoisotopic (exact) mass is 421 g/mol. The molecule has 1 aromatic heterocycles. The summed E-state index contributed by atoms with van der Waals surface area (Å²) in [5, 5.41) is 4.24. The van der Waals surface area contributed by atoms with Gasteiger partial charge in [-0.2, -0.15) is 0 Å². The van der Waals surface area contributed by atoms with Crippen LogP contribution in [0.25, 0.3) is 10.9 Å². The van der Waals surface area contributed by atoms with Gasteiger partial charge in [-0.3, -0.25) is 9.69 Å². The number of hydrogen-bond acceptors (Lipinski definition) is 4. The van der Waals surface area contributed by atoms with E-state index in [0.29, 0.717) is 6.54 Å². The first-order chi connectivity index (χ1) is 15.2. The standard InChI is InChI=1S/C25H31N3O3/c1-30-20-10-11-22-19(16-20)12-15-28(22)18-25(29)26-17-23(27-13-6-3-7-14-27)21-8-4-5-9-24(21)31-2/h4-5,8-12,15-16,23H,3,6-7,13-14,17-18H2,1-2H3,(H,26,29). The van der Waals surface area contributed by atoms with Gasteiger partial charge in [0.25, 0.3) is 0 Å². The van der Waals surface area contributed by atoms with Gasteiger partial charge in [0.1, 0.15) is 18.0 Å². The number of carbonyl (C=O) groups is 1. The highest BCUT2D eigenvalue weighted by atomic mass is 16.5. The number of nitrogens with one attached hydrogen (secondary N) is 1. The molecule has 0 saturated carbocycles. The highest BCUT2D eigenvalue weighted by molar-refractivity contribution is 5.84. The van der Waals surface area contributed by atoms with Crippen molar-refractivity contribution in [2.24, 2.45) is 0 Å². The van der Waals surface area contributed by atoms with Crippen LogP contribution in [0.4, 0.5) is 0 Å². The van der Waals surface area contributed by atoms with Crippen LogP contribution in [0.1, 0.15) is 30.9 Å². The molecule has 1 saturated heterocycles. The van der Waals surface area contributed by atoms with Crippen LogP contribution in [0, 0.1) is 0 Å². The van der Waals surface area contributed by atoms with Crippen molar-refractivity contribution in [1.29, 1.82) is 0 Å². The Balaban J connectivity index is 1.47. The molecule has 164 valence electrons.